The van der Waals surface area contributed by atoms with E-state index in [4.69, 9.17) is 11.6 Å². The number of amides is 1. The Hall–Kier alpha value is -4.04. The summed E-state index contributed by atoms with van der Waals surface area (Å²) in [7, 11) is 0. The van der Waals surface area contributed by atoms with Crippen molar-refractivity contribution in [3.05, 3.63) is 117 Å². The molecule has 2 atom stereocenters. The van der Waals surface area contributed by atoms with E-state index in [0.29, 0.717) is 17.4 Å². The Balaban J connectivity index is 1.64. The van der Waals surface area contributed by atoms with Gasteiger partial charge in [-0.25, -0.2) is 4.68 Å². The van der Waals surface area contributed by atoms with Crippen LogP contribution in [0, 0.1) is 10.1 Å². The molecule has 164 valence electrons. The van der Waals surface area contributed by atoms with Gasteiger partial charge in [-0.2, -0.15) is 10.1 Å². The van der Waals surface area contributed by atoms with Crippen molar-refractivity contribution in [1.29, 1.82) is 0 Å². The smallest absolute Gasteiger partial charge is 0.269 e. The largest absolute Gasteiger partial charge is 0.270 e. The summed E-state index contributed by atoms with van der Waals surface area (Å²) >= 11 is 6.09. The number of rotatable bonds is 4. The maximum absolute atomic E-state index is 13.7. The van der Waals surface area contributed by atoms with Crippen LogP contribution in [-0.2, 0) is 0 Å². The van der Waals surface area contributed by atoms with Crippen LogP contribution in [0.3, 0.4) is 0 Å². The number of non-ortho nitro benzene ring substituents is 1. The van der Waals surface area contributed by atoms with Crippen LogP contribution >= 0.6 is 11.6 Å². The van der Waals surface area contributed by atoms with Gasteiger partial charge in [-0.1, -0.05) is 60.1 Å². The van der Waals surface area contributed by atoms with Crippen LogP contribution < -0.4 is 4.90 Å². The second-order valence-corrected chi connectivity index (χ2v) is 8.15. The van der Waals surface area contributed by atoms with E-state index in [0.717, 1.165) is 11.1 Å². The van der Waals surface area contributed by atoms with Crippen LogP contribution in [-0.4, -0.2) is 25.6 Å². The number of anilines is 1. The minimum absolute atomic E-state index is 0.144. The number of nitro groups is 1. The van der Waals surface area contributed by atoms with Crippen LogP contribution in [0.15, 0.2) is 85.2 Å². The monoisotopic (exact) mass is 459 g/mol. The van der Waals surface area contributed by atoms with Gasteiger partial charge < -0.3 is 0 Å². The van der Waals surface area contributed by atoms with Crippen molar-refractivity contribution in [3.8, 4) is 0 Å². The lowest BCUT2D eigenvalue weighted by atomic mass is 9.91. The maximum atomic E-state index is 13.7. The molecule has 1 amide bonds. The molecular formula is C24H18ClN5O3. The highest BCUT2D eigenvalue weighted by atomic mass is 35.5. The SMILES string of the molecule is O=C(c1cccc([N+](=O)[O-])c1)N1c2ncnn2[C@@H](c2ccc(Cl)cc2)C[C@@H]1c1ccccc1. The fourth-order valence-corrected chi connectivity index (χ4v) is 4.36. The Morgan fingerprint density at radius 1 is 0.970 bits per heavy atom. The average molecular weight is 460 g/mol. The maximum Gasteiger partial charge on any atom is 0.270 e. The molecule has 0 saturated carbocycles. The van der Waals surface area contributed by atoms with Gasteiger partial charge >= 0.3 is 0 Å². The van der Waals surface area contributed by atoms with E-state index in [-0.39, 0.29) is 29.2 Å². The number of aromatic nitrogens is 3. The lowest BCUT2D eigenvalue weighted by Gasteiger charge is -2.39. The summed E-state index contributed by atoms with van der Waals surface area (Å²) < 4.78 is 1.72. The molecule has 0 aliphatic carbocycles. The Labute approximate surface area is 194 Å². The second kappa shape index (κ2) is 8.48. The van der Waals surface area contributed by atoms with Crippen molar-refractivity contribution >= 4 is 29.1 Å². The van der Waals surface area contributed by atoms with E-state index < -0.39 is 4.92 Å². The molecule has 0 radical (unpaired) electrons. The van der Waals surface area contributed by atoms with Gasteiger partial charge in [0.05, 0.1) is 17.0 Å². The van der Waals surface area contributed by atoms with E-state index in [2.05, 4.69) is 10.1 Å². The normalized spacial score (nSPS) is 17.4. The summed E-state index contributed by atoms with van der Waals surface area (Å²) in [5, 5.41) is 16.3. The average Bonchev–Trinajstić information content (AvgIpc) is 3.34. The lowest BCUT2D eigenvalue weighted by Crippen LogP contribution is -2.42. The van der Waals surface area contributed by atoms with E-state index >= 15 is 0 Å². The van der Waals surface area contributed by atoms with Crippen molar-refractivity contribution in [2.45, 2.75) is 18.5 Å². The van der Waals surface area contributed by atoms with Crippen LogP contribution in [0.25, 0.3) is 0 Å². The molecule has 0 N–H and O–H groups in total. The first-order valence-corrected chi connectivity index (χ1v) is 10.7. The molecule has 0 spiro atoms. The third kappa shape index (κ3) is 3.85. The van der Waals surface area contributed by atoms with E-state index in [9.17, 15) is 14.9 Å². The highest BCUT2D eigenvalue weighted by Gasteiger charge is 2.39. The van der Waals surface area contributed by atoms with Crippen molar-refractivity contribution in [1.82, 2.24) is 14.8 Å². The number of hydrogen-bond acceptors (Lipinski definition) is 5. The molecule has 3 aromatic carbocycles. The van der Waals surface area contributed by atoms with Gasteiger partial charge in [0.2, 0.25) is 5.95 Å². The summed E-state index contributed by atoms with van der Waals surface area (Å²) in [6, 6.07) is 22.4. The highest BCUT2D eigenvalue weighted by molar-refractivity contribution is 6.30. The molecule has 0 saturated heterocycles. The third-order valence-electron chi connectivity index (χ3n) is 5.78. The fraction of sp³-hybridized carbons (Fsp3) is 0.125. The Morgan fingerprint density at radius 2 is 1.70 bits per heavy atom. The predicted octanol–water partition coefficient (Wildman–Crippen LogP) is 5.22. The number of carbonyl (C=O) groups excluding carboxylic acids is 1. The van der Waals surface area contributed by atoms with Crippen molar-refractivity contribution in [2.75, 3.05) is 4.90 Å². The first-order chi connectivity index (χ1) is 16.0. The summed E-state index contributed by atoms with van der Waals surface area (Å²) in [5.41, 5.74) is 2.00. The van der Waals surface area contributed by atoms with Crippen LogP contribution in [0.1, 0.15) is 40.0 Å². The van der Waals surface area contributed by atoms with Crippen LogP contribution in [0.5, 0.6) is 0 Å². The first-order valence-electron chi connectivity index (χ1n) is 10.3. The Kier molecular flexibility index (Phi) is 5.35. The minimum atomic E-state index is -0.513. The molecule has 1 aliphatic heterocycles. The Morgan fingerprint density at radius 3 is 2.42 bits per heavy atom. The number of carbonyl (C=O) groups is 1. The van der Waals surface area contributed by atoms with Crippen LogP contribution in [0.2, 0.25) is 5.02 Å². The molecule has 8 nitrogen and oxygen atoms in total. The van der Waals surface area contributed by atoms with Crippen LogP contribution in [0.4, 0.5) is 11.6 Å². The summed E-state index contributed by atoms with van der Waals surface area (Å²) in [6.07, 6.45) is 1.96. The van der Waals surface area contributed by atoms with Gasteiger partial charge in [0, 0.05) is 22.7 Å². The summed E-state index contributed by atoms with van der Waals surface area (Å²) in [5.74, 6) is 0.00270. The molecule has 4 aromatic rings. The van der Waals surface area contributed by atoms with Crippen molar-refractivity contribution < 1.29 is 9.72 Å². The van der Waals surface area contributed by atoms with E-state index in [1.165, 1.54) is 24.5 Å². The van der Waals surface area contributed by atoms with E-state index in [1.54, 1.807) is 15.6 Å². The third-order valence-corrected chi connectivity index (χ3v) is 6.04. The molecule has 5 rings (SSSR count). The molecule has 2 heterocycles. The molecule has 0 fully saturated rings. The topological polar surface area (TPSA) is 94.2 Å². The zero-order valence-electron chi connectivity index (χ0n) is 17.3. The standard InChI is InChI=1S/C24H18ClN5O3/c25-19-11-9-17(10-12-19)22-14-21(16-5-2-1-3-6-16)28(24-26-15-27-29(22)24)23(31)18-7-4-8-20(13-18)30(32)33/h1-13,15,21-22H,14H2/t21-,22-/m1/s1. The molecule has 1 aliphatic rings. The molecule has 0 bridgehead atoms. The highest BCUT2D eigenvalue weighted by Crippen LogP contribution is 2.42. The van der Waals surface area contributed by atoms with Crippen molar-refractivity contribution in [2.24, 2.45) is 0 Å². The van der Waals surface area contributed by atoms with E-state index in [1.807, 2.05) is 54.6 Å². The van der Waals surface area contributed by atoms with Gasteiger partial charge in [-0.3, -0.25) is 19.8 Å². The molecular weight excluding hydrogens is 442 g/mol. The number of hydrogen-bond donors (Lipinski definition) is 0. The molecule has 33 heavy (non-hydrogen) atoms. The summed E-state index contributed by atoms with van der Waals surface area (Å²) in [6.45, 7) is 0. The predicted molar refractivity (Wildman–Crippen MR) is 123 cm³/mol. The van der Waals surface area contributed by atoms with Gasteiger partial charge in [0.1, 0.15) is 6.33 Å². The van der Waals surface area contributed by atoms with Gasteiger partial charge in [0.25, 0.3) is 11.6 Å². The number of fused-ring (bicyclic) bond motifs is 1. The zero-order chi connectivity index (χ0) is 22.9. The fourth-order valence-electron chi connectivity index (χ4n) is 4.24. The van der Waals surface area contributed by atoms with Gasteiger partial charge in [-0.15, -0.1) is 0 Å². The minimum Gasteiger partial charge on any atom is -0.269 e. The molecule has 1 aromatic heterocycles. The zero-order valence-corrected chi connectivity index (χ0v) is 18.0. The first kappa shape index (κ1) is 20.8. The number of nitro benzene ring substituents is 1. The lowest BCUT2D eigenvalue weighted by molar-refractivity contribution is -0.384. The van der Waals surface area contributed by atoms with Crippen molar-refractivity contribution in [3.63, 3.8) is 0 Å². The number of nitrogens with zero attached hydrogens (tertiary/aromatic N) is 5. The number of halogens is 1. The second-order valence-electron chi connectivity index (χ2n) is 7.72. The van der Waals surface area contributed by atoms with Gasteiger partial charge in [-0.05, 0) is 35.7 Å². The number of benzene rings is 3. The summed E-state index contributed by atoms with van der Waals surface area (Å²) in [4.78, 5) is 30.4. The quantitative estimate of drug-likeness (QED) is 0.308. The molecule has 9 heteroatoms. The Bertz CT molecular complexity index is 1320. The molecule has 0 unspecified atom stereocenters. The van der Waals surface area contributed by atoms with Gasteiger partial charge in [0.15, 0.2) is 0 Å².